The highest BCUT2D eigenvalue weighted by Crippen LogP contribution is 2.10. The van der Waals surface area contributed by atoms with Gasteiger partial charge in [0.25, 0.3) is 0 Å². The lowest BCUT2D eigenvalue weighted by Gasteiger charge is -2.16. The van der Waals surface area contributed by atoms with E-state index in [9.17, 15) is 5.11 Å². The van der Waals surface area contributed by atoms with Gasteiger partial charge in [-0.15, -0.1) is 0 Å². The highest BCUT2D eigenvalue weighted by molar-refractivity contribution is 4.61. The van der Waals surface area contributed by atoms with Crippen molar-refractivity contribution in [3.8, 4) is 0 Å². The highest BCUT2D eigenvalue weighted by atomic mass is 16.5. The van der Waals surface area contributed by atoms with E-state index in [0.717, 1.165) is 12.8 Å². The molecule has 0 radical (unpaired) electrons. The molecule has 0 aliphatic rings. The van der Waals surface area contributed by atoms with Crippen LogP contribution in [0.2, 0.25) is 0 Å². The first-order valence-electron chi connectivity index (χ1n) is 4.59. The Kier molecular flexibility index (Phi) is 7.45. The molecule has 12 heavy (non-hydrogen) atoms. The molecule has 2 atom stereocenters. The Bertz CT molecular complexity index is 95.8. The van der Waals surface area contributed by atoms with E-state index < -0.39 is 0 Å². The molecule has 0 aromatic heterocycles. The van der Waals surface area contributed by atoms with Gasteiger partial charge in [0.1, 0.15) is 0 Å². The van der Waals surface area contributed by atoms with Gasteiger partial charge in [0, 0.05) is 6.61 Å². The molecule has 0 heterocycles. The van der Waals surface area contributed by atoms with Crippen molar-refractivity contribution in [2.45, 2.75) is 32.8 Å². The van der Waals surface area contributed by atoms with Gasteiger partial charge < -0.3 is 14.9 Å². The van der Waals surface area contributed by atoms with Gasteiger partial charge in [-0.3, -0.25) is 0 Å². The Labute approximate surface area is 74.4 Å². The average Bonchev–Trinajstić information content (AvgIpc) is 2.10. The van der Waals surface area contributed by atoms with E-state index in [1.807, 2.05) is 13.8 Å². The summed E-state index contributed by atoms with van der Waals surface area (Å²) in [6, 6.07) is 0. The van der Waals surface area contributed by atoms with Crippen molar-refractivity contribution < 1.29 is 14.9 Å². The van der Waals surface area contributed by atoms with Crippen molar-refractivity contribution in [3.05, 3.63) is 0 Å². The molecule has 0 aromatic carbocycles. The zero-order chi connectivity index (χ0) is 9.40. The molecule has 0 saturated carbocycles. The van der Waals surface area contributed by atoms with Gasteiger partial charge in [0.05, 0.1) is 19.3 Å². The summed E-state index contributed by atoms with van der Waals surface area (Å²) in [5.74, 6) is 0.286. The maximum Gasteiger partial charge on any atom is 0.0697 e. The molecule has 0 rings (SSSR count). The van der Waals surface area contributed by atoms with E-state index in [-0.39, 0.29) is 18.6 Å². The summed E-state index contributed by atoms with van der Waals surface area (Å²) in [7, 11) is 0. The van der Waals surface area contributed by atoms with Crippen LogP contribution in [0.3, 0.4) is 0 Å². The lowest BCUT2D eigenvalue weighted by molar-refractivity contribution is 0.0557. The number of hydrogen-bond acceptors (Lipinski definition) is 3. The smallest absolute Gasteiger partial charge is 0.0697 e. The van der Waals surface area contributed by atoms with Crippen LogP contribution in [0.1, 0.15) is 26.7 Å². The van der Waals surface area contributed by atoms with E-state index >= 15 is 0 Å². The van der Waals surface area contributed by atoms with Crippen molar-refractivity contribution >= 4 is 0 Å². The molecule has 0 aliphatic carbocycles. The molecule has 0 aliphatic heterocycles. The molecule has 0 aromatic rings. The van der Waals surface area contributed by atoms with Crippen LogP contribution in [0.15, 0.2) is 0 Å². The second-order valence-electron chi connectivity index (χ2n) is 3.08. The summed E-state index contributed by atoms with van der Waals surface area (Å²) in [4.78, 5) is 0. The number of aliphatic hydroxyl groups is 2. The molecular weight excluding hydrogens is 156 g/mol. The van der Waals surface area contributed by atoms with Crippen LogP contribution >= 0.6 is 0 Å². The summed E-state index contributed by atoms with van der Waals surface area (Å²) >= 11 is 0. The number of ether oxygens (including phenoxy) is 1. The average molecular weight is 176 g/mol. The quantitative estimate of drug-likeness (QED) is 0.564. The minimum absolute atomic E-state index is 0.0741. The third-order valence-corrected chi connectivity index (χ3v) is 2.03. The largest absolute Gasteiger partial charge is 0.394 e. The monoisotopic (exact) mass is 176 g/mol. The molecule has 74 valence electrons. The summed E-state index contributed by atoms with van der Waals surface area (Å²) in [5.41, 5.74) is 0. The van der Waals surface area contributed by atoms with Gasteiger partial charge in [-0.2, -0.15) is 0 Å². The van der Waals surface area contributed by atoms with Crippen molar-refractivity contribution in [1.29, 1.82) is 0 Å². The Morgan fingerprint density at radius 3 is 2.50 bits per heavy atom. The summed E-state index contributed by atoms with van der Waals surface area (Å²) < 4.78 is 5.09. The molecule has 0 fully saturated rings. The summed E-state index contributed by atoms with van der Waals surface area (Å²) in [6.07, 6.45) is 1.43. The normalized spacial score (nSPS) is 16.0. The van der Waals surface area contributed by atoms with Crippen LogP contribution in [-0.4, -0.2) is 36.1 Å². The predicted molar refractivity (Wildman–Crippen MR) is 48.0 cm³/mol. The van der Waals surface area contributed by atoms with Crippen LogP contribution in [0, 0.1) is 5.92 Å². The van der Waals surface area contributed by atoms with Crippen molar-refractivity contribution in [3.63, 3.8) is 0 Å². The summed E-state index contributed by atoms with van der Waals surface area (Å²) in [5, 5.41) is 17.8. The molecule has 2 unspecified atom stereocenters. The molecule has 3 nitrogen and oxygen atoms in total. The van der Waals surface area contributed by atoms with E-state index in [0.29, 0.717) is 13.2 Å². The minimum atomic E-state index is -0.220. The number of aliphatic hydroxyl groups excluding tert-OH is 2. The first-order chi connectivity index (χ1) is 5.72. The zero-order valence-corrected chi connectivity index (χ0v) is 7.99. The number of rotatable bonds is 7. The first-order valence-corrected chi connectivity index (χ1v) is 4.59. The summed E-state index contributed by atoms with van der Waals surface area (Å²) in [6.45, 7) is 5.07. The fraction of sp³-hybridized carbons (Fsp3) is 1.00. The lowest BCUT2D eigenvalue weighted by atomic mass is 10.00. The molecular formula is C9H20O3. The fourth-order valence-corrected chi connectivity index (χ4v) is 1.03. The first kappa shape index (κ1) is 11.9. The maximum atomic E-state index is 9.38. The third kappa shape index (κ3) is 5.52. The van der Waals surface area contributed by atoms with Gasteiger partial charge >= 0.3 is 0 Å². The van der Waals surface area contributed by atoms with Crippen LogP contribution in [0.5, 0.6) is 0 Å². The molecule has 0 bridgehead atoms. The van der Waals surface area contributed by atoms with Crippen LogP contribution in [0.4, 0.5) is 0 Å². The second kappa shape index (κ2) is 7.53. The molecule has 0 saturated heterocycles. The van der Waals surface area contributed by atoms with Crippen LogP contribution < -0.4 is 0 Å². The van der Waals surface area contributed by atoms with Crippen molar-refractivity contribution in [2.24, 2.45) is 5.92 Å². The second-order valence-corrected chi connectivity index (χ2v) is 3.08. The standard InChI is InChI=1S/C9H20O3/c1-3-9(11)8(2)4-6-12-7-5-10/h8-11H,3-7H2,1-2H3. The number of hydrogen-bond donors (Lipinski definition) is 2. The maximum absolute atomic E-state index is 9.38. The van der Waals surface area contributed by atoms with Gasteiger partial charge in [-0.05, 0) is 18.8 Å². The Morgan fingerprint density at radius 1 is 1.33 bits per heavy atom. The minimum Gasteiger partial charge on any atom is -0.394 e. The molecule has 3 heteroatoms. The van der Waals surface area contributed by atoms with Gasteiger partial charge in [0.2, 0.25) is 0 Å². The fourth-order valence-electron chi connectivity index (χ4n) is 1.03. The van der Waals surface area contributed by atoms with Crippen LogP contribution in [0.25, 0.3) is 0 Å². The van der Waals surface area contributed by atoms with E-state index in [4.69, 9.17) is 9.84 Å². The topological polar surface area (TPSA) is 49.7 Å². The Balaban J connectivity index is 3.24. The van der Waals surface area contributed by atoms with E-state index in [1.165, 1.54) is 0 Å². The van der Waals surface area contributed by atoms with E-state index in [1.54, 1.807) is 0 Å². The molecule has 0 spiro atoms. The zero-order valence-electron chi connectivity index (χ0n) is 7.99. The van der Waals surface area contributed by atoms with Gasteiger partial charge in [0.15, 0.2) is 0 Å². The van der Waals surface area contributed by atoms with Crippen molar-refractivity contribution in [2.75, 3.05) is 19.8 Å². The molecule has 2 N–H and O–H groups in total. The SMILES string of the molecule is CCC(O)C(C)CCOCCO. The molecule has 0 amide bonds. The van der Waals surface area contributed by atoms with Crippen molar-refractivity contribution in [1.82, 2.24) is 0 Å². The highest BCUT2D eigenvalue weighted by Gasteiger charge is 2.10. The third-order valence-electron chi connectivity index (χ3n) is 2.03. The van der Waals surface area contributed by atoms with E-state index in [2.05, 4.69) is 0 Å². The van der Waals surface area contributed by atoms with Gasteiger partial charge in [-0.1, -0.05) is 13.8 Å². The van der Waals surface area contributed by atoms with Gasteiger partial charge in [-0.25, -0.2) is 0 Å². The van der Waals surface area contributed by atoms with Crippen LogP contribution in [-0.2, 0) is 4.74 Å². The lowest BCUT2D eigenvalue weighted by Crippen LogP contribution is -2.18. The Hall–Kier alpha value is -0.120. The predicted octanol–water partition coefficient (Wildman–Crippen LogP) is 0.792. The Morgan fingerprint density at radius 2 is 2.00 bits per heavy atom.